The molecule has 1 aliphatic heterocycles. The van der Waals surface area contributed by atoms with Crippen LogP contribution < -0.4 is 10.6 Å². The molecule has 142 valence electrons. The van der Waals surface area contributed by atoms with Gasteiger partial charge >= 0.3 is 0 Å². The van der Waals surface area contributed by atoms with Gasteiger partial charge in [-0.3, -0.25) is 4.79 Å². The molecule has 1 aromatic rings. The van der Waals surface area contributed by atoms with E-state index < -0.39 is 0 Å². The molecular formula is C21H30N2O2S. The first kappa shape index (κ1) is 20.4. The molecule has 0 saturated heterocycles. The van der Waals surface area contributed by atoms with Crippen LogP contribution in [-0.4, -0.2) is 16.0 Å². The van der Waals surface area contributed by atoms with Gasteiger partial charge in [0.15, 0.2) is 10.9 Å². The van der Waals surface area contributed by atoms with Crippen molar-refractivity contribution in [1.29, 1.82) is 0 Å². The number of carbonyl (C=O) groups excluding carboxylic acids is 1. The van der Waals surface area contributed by atoms with Crippen LogP contribution in [0.15, 0.2) is 23.4 Å². The molecule has 0 saturated carbocycles. The number of benzene rings is 1. The molecular weight excluding hydrogens is 344 g/mol. The predicted octanol–water partition coefficient (Wildman–Crippen LogP) is 4.37. The minimum atomic E-state index is -0.330. The van der Waals surface area contributed by atoms with Gasteiger partial charge in [0.2, 0.25) is 0 Å². The molecule has 1 atom stereocenters. The molecule has 1 aromatic carbocycles. The largest absolute Gasteiger partial charge is 0.507 e. The van der Waals surface area contributed by atoms with E-state index >= 15 is 0 Å². The maximum atomic E-state index is 12.3. The summed E-state index contributed by atoms with van der Waals surface area (Å²) in [7, 11) is 0. The molecule has 0 fully saturated rings. The van der Waals surface area contributed by atoms with E-state index in [1.807, 2.05) is 19.1 Å². The maximum absolute atomic E-state index is 12.3. The number of allylic oxidation sites excluding steroid dienone is 1. The molecule has 1 heterocycles. The number of ketones is 1. The second kappa shape index (κ2) is 6.69. The van der Waals surface area contributed by atoms with Crippen molar-refractivity contribution in [3.63, 3.8) is 0 Å². The van der Waals surface area contributed by atoms with Crippen LogP contribution in [0.2, 0.25) is 0 Å². The number of phenols is 1. The zero-order valence-corrected chi connectivity index (χ0v) is 17.8. The number of thiocarbonyl (C=S) groups is 1. The first-order valence-corrected chi connectivity index (χ1v) is 9.31. The first-order valence-electron chi connectivity index (χ1n) is 8.90. The summed E-state index contributed by atoms with van der Waals surface area (Å²) >= 11 is 5.32. The molecule has 1 aliphatic rings. The summed E-state index contributed by atoms with van der Waals surface area (Å²) in [4.78, 5) is 12.3. The van der Waals surface area contributed by atoms with Crippen LogP contribution in [0, 0.1) is 0 Å². The van der Waals surface area contributed by atoms with Gasteiger partial charge in [0, 0.05) is 11.3 Å². The Kier molecular flexibility index (Phi) is 5.26. The summed E-state index contributed by atoms with van der Waals surface area (Å²) in [6.45, 7) is 15.9. The van der Waals surface area contributed by atoms with Crippen molar-refractivity contribution >= 4 is 23.1 Å². The maximum Gasteiger partial charge on any atom is 0.171 e. The highest BCUT2D eigenvalue weighted by molar-refractivity contribution is 7.80. The molecule has 4 nitrogen and oxygen atoms in total. The highest BCUT2D eigenvalue weighted by Gasteiger charge is 2.32. The van der Waals surface area contributed by atoms with Gasteiger partial charge in [-0.1, -0.05) is 41.5 Å². The fourth-order valence-corrected chi connectivity index (χ4v) is 3.65. The van der Waals surface area contributed by atoms with Crippen molar-refractivity contribution in [2.45, 2.75) is 72.3 Å². The third-order valence-corrected chi connectivity index (χ3v) is 4.95. The monoisotopic (exact) mass is 374 g/mol. The van der Waals surface area contributed by atoms with Crippen LogP contribution in [0.5, 0.6) is 5.75 Å². The SMILES string of the molecule is CC(=O)C1=C(C)NC(=S)N[C@H]1c1cc(C(C)(C)C)c(O)c(C(C)(C)C)c1. The van der Waals surface area contributed by atoms with Crippen molar-refractivity contribution in [2.75, 3.05) is 0 Å². The number of aromatic hydroxyl groups is 1. The average molecular weight is 375 g/mol. The summed E-state index contributed by atoms with van der Waals surface area (Å²) in [5.41, 5.74) is 3.65. The van der Waals surface area contributed by atoms with E-state index in [0.29, 0.717) is 16.4 Å². The second-order valence-corrected chi connectivity index (χ2v) is 9.50. The number of carbonyl (C=O) groups is 1. The molecule has 3 N–H and O–H groups in total. The summed E-state index contributed by atoms with van der Waals surface area (Å²) in [6, 6.07) is 3.66. The molecule has 0 amide bonds. The molecule has 5 heteroatoms. The average Bonchev–Trinajstić information content (AvgIpc) is 2.43. The number of phenolic OH excluding ortho intramolecular Hbond substituents is 1. The molecule has 0 radical (unpaired) electrons. The Bertz CT molecular complexity index is 760. The fourth-order valence-electron chi connectivity index (χ4n) is 3.38. The van der Waals surface area contributed by atoms with Crippen molar-refractivity contribution in [2.24, 2.45) is 0 Å². The Morgan fingerprint density at radius 3 is 1.92 bits per heavy atom. The highest BCUT2D eigenvalue weighted by atomic mass is 32.1. The number of rotatable bonds is 2. The Morgan fingerprint density at radius 2 is 1.54 bits per heavy atom. The quantitative estimate of drug-likeness (QED) is 0.671. The van der Waals surface area contributed by atoms with E-state index in [-0.39, 0.29) is 22.7 Å². The molecule has 0 bridgehead atoms. The minimum Gasteiger partial charge on any atom is -0.507 e. The lowest BCUT2D eigenvalue weighted by Crippen LogP contribution is -2.44. The van der Waals surface area contributed by atoms with Gasteiger partial charge in [-0.15, -0.1) is 0 Å². The normalized spacial score (nSPS) is 18.5. The van der Waals surface area contributed by atoms with E-state index in [9.17, 15) is 9.90 Å². The molecule has 0 aromatic heterocycles. The topological polar surface area (TPSA) is 61.4 Å². The number of hydrogen-bond donors (Lipinski definition) is 3. The Morgan fingerprint density at radius 1 is 1.08 bits per heavy atom. The summed E-state index contributed by atoms with van der Waals surface area (Å²) < 4.78 is 0. The lowest BCUT2D eigenvalue weighted by molar-refractivity contribution is -0.114. The summed E-state index contributed by atoms with van der Waals surface area (Å²) in [5.74, 6) is 0.327. The van der Waals surface area contributed by atoms with Crippen LogP contribution in [-0.2, 0) is 15.6 Å². The second-order valence-electron chi connectivity index (χ2n) is 9.09. The zero-order chi connectivity index (χ0) is 20.0. The lowest BCUT2D eigenvalue weighted by atomic mass is 9.77. The van der Waals surface area contributed by atoms with Crippen LogP contribution in [0.3, 0.4) is 0 Å². The van der Waals surface area contributed by atoms with Crippen molar-refractivity contribution in [3.8, 4) is 5.75 Å². The van der Waals surface area contributed by atoms with Gasteiger partial charge in [-0.05, 0) is 65.7 Å². The predicted molar refractivity (Wildman–Crippen MR) is 110 cm³/mol. The van der Waals surface area contributed by atoms with Gasteiger partial charge in [-0.2, -0.15) is 0 Å². The smallest absolute Gasteiger partial charge is 0.171 e. The van der Waals surface area contributed by atoms with E-state index in [2.05, 4.69) is 52.2 Å². The number of hydrogen-bond acceptors (Lipinski definition) is 3. The van der Waals surface area contributed by atoms with Gasteiger partial charge in [0.25, 0.3) is 0 Å². The van der Waals surface area contributed by atoms with Crippen LogP contribution in [0.4, 0.5) is 0 Å². The Balaban J connectivity index is 2.78. The lowest BCUT2D eigenvalue weighted by Gasteiger charge is -2.33. The van der Waals surface area contributed by atoms with E-state index in [1.165, 1.54) is 0 Å². The third kappa shape index (κ3) is 3.93. The van der Waals surface area contributed by atoms with Crippen molar-refractivity contribution < 1.29 is 9.90 Å². The van der Waals surface area contributed by atoms with Crippen LogP contribution in [0.1, 0.15) is 78.1 Å². The third-order valence-electron chi connectivity index (χ3n) is 4.73. The molecule has 0 spiro atoms. The standard InChI is InChI=1S/C21H30N2O2S/c1-11-16(12(2)24)17(23-19(26)22-11)13-9-14(20(3,4)5)18(25)15(10-13)21(6,7)8/h9-10,17,25H,1-8H3,(H2,22,23,26)/t17-/m0/s1. The fraction of sp³-hybridized carbons (Fsp3) is 0.524. The van der Waals surface area contributed by atoms with Gasteiger partial charge in [-0.25, -0.2) is 0 Å². The highest BCUT2D eigenvalue weighted by Crippen LogP contribution is 2.42. The van der Waals surface area contributed by atoms with Crippen LogP contribution in [0.25, 0.3) is 0 Å². The van der Waals surface area contributed by atoms with Gasteiger partial charge in [0.05, 0.1) is 6.04 Å². The molecule has 2 rings (SSSR count). The Labute approximate surface area is 162 Å². The summed E-state index contributed by atoms with van der Waals surface area (Å²) in [6.07, 6.45) is 0. The zero-order valence-electron chi connectivity index (χ0n) is 17.0. The van der Waals surface area contributed by atoms with Crippen LogP contribution >= 0.6 is 12.2 Å². The minimum absolute atomic E-state index is 0.00214. The molecule has 0 aliphatic carbocycles. The summed E-state index contributed by atoms with van der Waals surface area (Å²) in [5, 5.41) is 17.7. The van der Waals surface area contributed by atoms with E-state index in [0.717, 1.165) is 22.4 Å². The van der Waals surface area contributed by atoms with Gasteiger partial charge < -0.3 is 15.7 Å². The van der Waals surface area contributed by atoms with E-state index in [1.54, 1.807) is 6.92 Å². The van der Waals surface area contributed by atoms with Crippen molar-refractivity contribution in [1.82, 2.24) is 10.6 Å². The number of nitrogens with one attached hydrogen (secondary N) is 2. The molecule has 26 heavy (non-hydrogen) atoms. The van der Waals surface area contributed by atoms with Crippen molar-refractivity contribution in [3.05, 3.63) is 40.1 Å². The first-order chi connectivity index (χ1) is 11.7. The van der Waals surface area contributed by atoms with E-state index in [4.69, 9.17) is 12.2 Å². The number of Topliss-reactive ketones (excluding diaryl/α,β-unsaturated/α-hetero) is 1. The van der Waals surface area contributed by atoms with Gasteiger partial charge in [0.1, 0.15) is 5.75 Å². The Hall–Kier alpha value is -1.88. The molecule has 0 unspecified atom stereocenters.